The molecule has 2 radical (unpaired) electrons. The van der Waals surface area contributed by atoms with Crippen LogP contribution in [0.4, 0.5) is 0 Å². The minimum atomic E-state index is -0.611. The van der Waals surface area contributed by atoms with Gasteiger partial charge in [0.15, 0.2) is 11.6 Å². The van der Waals surface area contributed by atoms with Gasteiger partial charge in [0.25, 0.3) is 0 Å². The van der Waals surface area contributed by atoms with Crippen molar-refractivity contribution < 1.29 is 38.2 Å². The van der Waals surface area contributed by atoms with Crippen LogP contribution in [0.25, 0.3) is 22.1 Å². The van der Waals surface area contributed by atoms with Gasteiger partial charge >= 0.3 is 0 Å². The highest BCUT2D eigenvalue weighted by atomic mass is 32.2. The molecule has 0 amide bonds. The molecule has 284 valence electrons. The number of aromatic nitrogens is 6. The van der Waals surface area contributed by atoms with Gasteiger partial charge < -0.3 is 34.4 Å². The van der Waals surface area contributed by atoms with E-state index in [4.69, 9.17) is 18.9 Å². The number of pyridine rings is 2. The number of ether oxygens (including phenoxy) is 4. The molecular formula is C38H46MgN6O8S. The number of carbonyl (C=O) groups excluding carboxylic acids is 2. The third kappa shape index (κ3) is 11.1. The Hall–Kier alpha value is -4.90. The fourth-order valence-corrected chi connectivity index (χ4v) is 5.47. The van der Waals surface area contributed by atoms with E-state index in [1.54, 1.807) is 53.3 Å². The van der Waals surface area contributed by atoms with Gasteiger partial charge in [-0.1, -0.05) is 0 Å². The van der Waals surface area contributed by atoms with E-state index < -0.39 is 10.8 Å². The van der Waals surface area contributed by atoms with Gasteiger partial charge in [-0.3, -0.25) is 23.8 Å². The van der Waals surface area contributed by atoms with E-state index in [9.17, 15) is 13.8 Å². The first-order chi connectivity index (χ1) is 24.8. The Morgan fingerprint density at radius 3 is 1.31 bits per heavy atom. The lowest BCUT2D eigenvalue weighted by Gasteiger charge is -2.11. The fraction of sp³-hybridized carbons (Fsp3) is 0.316. The van der Waals surface area contributed by atoms with Crippen LogP contribution in [0.1, 0.15) is 54.9 Å². The van der Waals surface area contributed by atoms with E-state index in [1.807, 2.05) is 64.1 Å². The van der Waals surface area contributed by atoms with Gasteiger partial charge in [-0.05, 0) is 52.0 Å². The van der Waals surface area contributed by atoms with Gasteiger partial charge in [-0.25, -0.2) is 9.97 Å². The predicted molar refractivity (Wildman–Crippen MR) is 211 cm³/mol. The zero-order valence-electron chi connectivity index (χ0n) is 32.3. The van der Waals surface area contributed by atoms with Crippen LogP contribution >= 0.6 is 0 Å². The number of hydrogen-bond donors (Lipinski definition) is 2. The molecule has 0 atom stereocenters. The van der Waals surface area contributed by atoms with Crippen LogP contribution in [0, 0.1) is 27.7 Å². The molecule has 4 heterocycles. The number of methoxy groups -OCH3 is 4. The van der Waals surface area contributed by atoms with Crippen molar-refractivity contribution in [2.45, 2.75) is 40.5 Å². The number of rotatable bonds is 10. The lowest BCUT2D eigenvalue weighted by Crippen LogP contribution is -2.09. The maximum Gasteiger partial charge on any atom is 0.204 e. The van der Waals surface area contributed by atoms with Gasteiger partial charge in [0.05, 0.1) is 74.7 Å². The van der Waals surface area contributed by atoms with E-state index in [0.29, 0.717) is 34.5 Å². The molecule has 4 aromatic heterocycles. The van der Waals surface area contributed by atoms with Crippen LogP contribution in [-0.2, 0) is 23.6 Å². The molecule has 0 saturated carbocycles. The van der Waals surface area contributed by atoms with Crippen LogP contribution in [0.3, 0.4) is 0 Å². The van der Waals surface area contributed by atoms with Crippen molar-refractivity contribution in [1.29, 1.82) is 0 Å². The van der Waals surface area contributed by atoms with Crippen molar-refractivity contribution in [2.24, 2.45) is 0 Å². The number of ketones is 2. The zero-order valence-corrected chi connectivity index (χ0v) is 34.5. The molecule has 4 N–H and O–H groups in total. The second-order valence-corrected chi connectivity index (χ2v) is 13.5. The average molecular weight is 771 g/mol. The molecule has 0 bridgehead atoms. The van der Waals surface area contributed by atoms with E-state index in [0.717, 1.165) is 55.8 Å². The van der Waals surface area contributed by atoms with Gasteiger partial charge in [0.2, 0.25) is 11.6 Å². The molecule has 16 heteroatoms. The molecule has 0 spiro atoms. The second kappa shape index (κ2) is 20.5. The average Bonchev–Trinajstić information content (AvgIpc) is 3.75. The summed E-state index contributed by atoms with van der Waals surface area (Å²) in [6.07, 6.45) is 7.05. The fourth-order valence-electron chi connectivity index (χ4n) is 5.47. The summed E-state index contributed by atoms with van der Waals surface area (Å²) in [5, 5.41) is 0. The number of aromatic amines is 2. The predicted octanol–water partition coefficient (Wildman–Crippen LogP) is 4.82. The topological polar surface area (TPSA) is 203 Å². The first-order valence-electron chi connectivity index (χ1n) is 16.2. The quantitative estimate of drug-likeness (QED) is 0.143. The first kappa shape index (κ1) is 45.3. The van der Waals surface area contributed by atoms with Gasteiger partial charge in [0, 0.05) is 93.1 Å². The molecule has 0 saturated heterocycles. The highest BCUT2D eigenvalue weighted by Crippen LogP contribution is 2.27. The van der Waals surface area contributed by atoms with E-state index in [-0.39, 0.29) is 52.9 Å². The number of hydrogen-bond acceptors (Lipinski definition) is 11. The van der Waals surface area contributed by atoms with Crippen molar-refractivity contribution in [3.05, 3.63) is 94.1 Å². The van der Waals surface area contributed by atoms with Crippen LogP contribution < -0.4 is 18.9 Å². The van der Waals surface area contributed by atoms with Crippen LogP contribution in [0.2, 0.25) is 0 Å². The molecule has 54 heavy (non-hydrogen) atoms. The Labute approximate surface area is 332 Å². The molecule has 0 unspecified atom stereocenters. The number of nitrogens with zero attached hydrogens (tertiary/aromatic N) is 4. The zero-order chi connectivity index (χ0) is 38.1. The second-order valence-electron chi connectivity index (χ2n) is 12.0. The first-order valence-corrected chi connectivity index (χ1v) is 18.1. The third-order valence-electron chi connectivity index (χ3n) is 8.06. The Bertz CT molecular complexity index is 2100. The Morgan fingerprint density at radius 2 is 1.00 bits per heavy atom. The molecule has 0 fully saturated rings. The lowest BCUT2D eigenvalue weighted by atomic mass is 10.1. The lowest BCUT2D eigenvalue weighted by molar-refractivity contribution is 0.0975. The van der Waals surface area contributed by atoms with Crippen molar-refractivity contribution in [3.63, 3.8) is 0 Å². The number of H-pyrrole nitrogens is 2. The number of benzene rings is 2. The largest absolute Gasteiger partial charge is 0.497 e. The molecule has 6 rings (SSSR count). The highest BCUT2D eigenvalue weighted by molar-refractivity contribution is 7.83. The number of fused-ring (bicyclic) bond motifs is 2. The molecule has 6 aromatic rings. The maximum absolute atomic E-state index is 12.6. The summed E-state index contributed by atoms with van der Waals surface area (Å²) in [6.45, 7) is 7.67. The Morgan fingerprint density at radius 1 is 0.648 bits per heavy atom. The standard InChI is InChI=1S/2C18H19N3O3.C2H6OS.Mg.H2O/c2*1-10-9-19-14(11(2)17(10)24-4)8-16(22)18-20-13-6-5-12(23-3)7-15(13)21-18;1-4(2)3;;/h2*5-7,9H,8H2,1-4H3,(H,20,21);1-2H3;;1H2. The number of nitrogens with one attached hydrogen (secondary N) is 2. The highest BCUT2D eigenvalue weighted by Gasteiger charge is 2.19. The van der Waals surface area contributed by atoms with Gasteiger partial charge in [-0.15, -0.1) is 0 Å². The van der Waals surface area contributed by atoms with E-state index in [1.165, 1.54) is 0 Å². The van der Waals surface area contributed by atoms with Crippen LogP contribution in [0.15, 0.2) is 48.8 Å². The Balaban J connectivity index is 0.000000329. The molecule has 2 aromatic carbocycles. The van der Waals surface area contributed by atoms with Crippen molar-refractivity contribution in [2.75, 3.05) is 41.0 Å². The van der Waals surface area contributed by atoms with Crippen molar-refractivity contribution in [1.82, 2.24) is 29.9 Å². The summed E-state index contributed by atoms with van der Waals surface area (Å²) in [7, 11) is 5.83. The normalized spacial score (nSPS) is 10.3. The third-order valence-corrected chi connectivity index (χ3v) is 8.06. The van der Waals surface area contributed by atoms with Crippen molar-refractivity contribution >= 4 is 67.5 Å². The van der Waals surface area contributed by atoms with Crippen LogP contribution in [0.5, 0.6) is 23.0 Å². The summed E-state index contributed by atoms with van der Waals surface area (Å²) in [6, 6.07) is 10.9. The summed E-state index contributed by atoms with van der Waals surface area (Å²) < 4.78 is 30.7. The Kier molecular flexibility index (Phi) is 17.2. The molecule has 0 aliphatic rings. The number of carbonyl (C=O) groups is 2. The smallest absolute Gasteiger partial charge is 0.204 e. The summed E-state index contributed by atoms with van der Waals surface area (Å²) in [4.78, 5) is 48.7. The maximum atomic E-state index is 12.6. The summed E-state index contributed by atoms with van der Waals surface area (Å²) >= 11 is 0. The number of aryl methyl sites for hydroxylation is 2. The molecule has 14 nitrogen and oxygen atoms in total. The number of Topliss-reactive ketones (excluding diaryl/α,β-unsaturated/α-hetero) is 2. The molecular weight excluding hydrogens is 725 g/mol. The SMILES string of the molecule is COc1ccc2nc(C(=O)Cc3ncc(C)c(OC)c3C)[nH]c2c1.COc1ccc2nc(C(=O)Cc3ncc(C)c(OC)c3C)[nH]c2c1.CS(C)=O.O.[Mg]. The monoisotopic (exact) mass is 770 g/mol. The van der Waals surface area contributed by atoms with Crippen molar-refractivity contribution in [3.8, 4) is 23.0 Å². The minimum Gasteiger partial charge on any atom is -0.497 e. The minimum absolute atomic E-state index is 0. The van der Waals surface area contributed by atoms with Gasteiger partial charge in [0.1, 0.15) is 23.0 Å². The molecule has 0 aliphatic carbocycles. The van der Waals surface area contributed by atoms with Gasteiger partial charge in [-0.2, -0.15) is 0 Å². The molecule has 0 aliphatic heterocycles. The van der Waals surface area contributed by atoms with Crippen LogP contribution in [-0.4, -0.2) is 115 Å². The van der Waals surface area contributed by atoms with E-state index in [2.05, 4.69) is 29.9 Å². The summed E-state index contributed by atoms with van der Waals surface area (Å²) in [5.41, 5.74) is 8.03. The number of imidazole rings is 2. The summed E-state index contributed by atoms with van der Waals surface area (Å²) in [5.74, 6) is 3.36. The van der Waals surface area contributed by atoms with E-state index >= 15 is 0 Å².